The van der Waals surface area contributed by atoms with Gasteiger partial charge in [0.05, 0.1) is 0 Å². The molecule has 7 heavy (non-hydrogen) atoms. The summed E-state index contributed by atoms with van der Waals surface area (Å²) < 4.78 is 0. The molecule has 0 aliphatic carbocycles. The molecule has 0 aliphatic heterocycles. The summed E-state index contributed by atoms with van der Waals surface area (Å²) in [6.07, 6.45) is 1.89. The lowest BCUT2D eigenvalue weighted by Crippen LogP contribution is -2.01. The highest BCUT2D eigenvalue weighted by Crippen LogP contribution is 2.07. The average molecular weight is 115 g/mol. The molecule has 0 aromatic heterocycles. The van der Waals surface area contributed by atoms with Gasteiger partial charge in [-0.3, -0.25) is 0 Å². The van der Waals surface area contributed by atoms with Gasteiger partial charge in [-0.1, -0.05) is 32.6 Å². The van der Waals surface area contributed by atoms with Crippen molar-refractivity contribution in [2.24, 2.45) is 5.92 Å². The van der Waals surface area contributed by atoms with Gasteiger partial charge in [0.25, 0.3) is 0 Å². The molecule has 0 saturated heterocycles. The summed E-state index contributed by atoms with van der Waals surface area (Å²) in [7, 11) is 0. The van der Waals surface area contributed by atoms with Crippen LogP contribution in [0.25, 0.3) is 0 Å². The van der Waals surface area contributed by atoms with E-state index in [2.05, 4.69) is 13.5 Å². The van der Waals surface area contributed by atoms with Crippen molar-refractivity contribution < 1.29 is 0 Å². The summed E-state index contributed by atoms with van der Waals surface area (Å²) in [5.41, 5.74) is 0. The normalized spacial score (nSPS) is 18.1. The molecule has 0 bridgehead atoms. The first-order chi connectivity index (χ1) is 3.18. The lowest BCUT2D eigenvalue weighted by atomic mass is 10.1. The Morgan fingerprint density at radius 1 is 1.57 bits per heavy atom. The van der Waals surface area contributed by atoms with Crippen LogP contribution in [0.4, 0.5) is 0 Å². The molecule has 1 radical (unpaired) electrons. The first kappa shape index (κ1) is 7.09. The van der Waals surface area contributed by atoms with Crippen molar-refractivity contribution in [2.75, 3.05) is 0 Å². The Balaban J connectivity index is 3.33. The lowest BCUT2D eigenvalue weighted by Gasteiger charge is -2.05. The van der Waals surface area contributed by atoms with Crippen molar-refractivity contribution >= 4 is 12.6 Å². The quantitative estimate of drug-likeness (QED) is 0.485. The summed E-state index contributed by atoms with van der Waals surface area (Å²) in [5, 5.41) is 0.331. The number of rotatable bonds is 2. The molecule has 0 aromatic carbocycles. The predicted molar refractivity (Wildman–Crippen MR) is 36.4 cm³/mol. The summed E-state index contributed by atoms with van der Waals surface area (Å²) in [4.78, 5) is 0. The SMILES string of the molecule is C=CC(C)C(C)[S]. The maximum absolute atomic E-state index is 4.93. The first-order valence-electron chi connectivity index (χ1n) is 2.47. The van der Waals surface area contributed by atoms with Crippen molar-refractivity contribution in [3.05, 3.63) is 12.7 Å². The molecule has 0 amide bonds. The van der Waals surface area contributed by atoms with Crippen LogP contribution in [-0.4, -0.2) is 5.25 Å². The Bertz CT molecular complexity index is 57.2. The van der Waals surface area contributed by atoms with Crippen molar-refractivity contribution in [3.63, 3.8) is 0 Å². The van der Waals surface area contributed by atoms with Crippen molar-refractivity contribution in [1.82, 2.24) is 0 Å². The Kier molecular flexibility index (Phi) is 3.18. The molecule has 2 unspecified atom stereocenters. The zero-order chi connectivity index (χ0) is 5.86. The molecule has 0 nitrogen and oxygen atoms in total. The zero-order valence-corrected chi connectivity index (χ0v) is 5.66. The minimum atomic E-state index is 0.331. The molecule has 0 saturated carbocycles. The lowest BCUT2D eigenvalue weighted by molar-refractivity contribution is 0.722. The van der Waals surface area contributed by atoms with E-state index in [-0.39, 0.29) is 0 Å². The molecular weight excluding hydrogens is 104 g/mol. The molecule has 0 N–H and O–H groups in total. The number of hydrogen-bond donors (Lipinski definition) is 0. The smallest absolute Gasteiger partial charge is 0.0183 e. The van der Waals surface area contributed by atoms with E-state index in [1.54, 1.807) is 0 Å². The Morgan fingerprint density at radius 3 is 2.00 bits per heavy atom. The van der Waals surface area contributed by atoms with Gasteiger partial charge in [0.2, 0.25) is 0 Å². The van der Waals surface area contributed by atoms with Crippen molar-refractivity contribution in [2.45, 2.75) is 19.1 Å². The summed E-state index contributed by atoms with van der Waals surface area (Å²) in [6.45, 7) is 7.70. The Labute approximate surface area is 51.0 Å². The molecule has 1 heteroatoms. The molecule has 41 valence electrons. The van der Waals surface area contributed by atoms with Gasteiger partial charge in [-0.05, 0) is 5.92 Å². The highest BCUT2D eigenvalue weighted by molar-refractivity contribution is 7.80. The predicted octanol–water partition coefficient (Wildman–Crippen LogP) is 2.39. The monoisotopic (exact) mass is 115 g/mol. The van der Waals surface area contributed by atoms with Crippen molar-refractivity contribution in [3.8, 4) is 0 Å². The van der Waals surface area contributed by atoms with Gasteiger partial charge in [-0.2, -0.15) is 0 Å². The van der Waals surface area contributed by atoms with E-state index in [1.165, 1.54) is 0 Å². The minimum absolute atomic E-state index is 0.331. The van der Waals surface area contributed by atoms with Gasteiger partial charge >= 0.3 is 0 Å². The van der Waals surface area contributed by atoms with Crippen molar-refractivity contribution in [1.29, 1.82) is 0 Å². The van der Waals surface area contributed by atoms with Gasteiger partial charge < -0.3 is 0 Å². The summed E-state index contributed by atoms with van der Waals surface area (Å²) >= 11 is 4.93. The second-order valence-electron chi connectivity index (χ2n) is 1.80. The second-order valence-corrected chi connectivity index (χ2v) is 2.54. The standard InChI is InChI=1S/C6H11S/c1-4-5(2)6(3)7/h4-6H,1H2,2-3H3. The Morgan fingerprint density at radius 2 is 2.00 bits per heavy atom. The minimum Gasteiger partial charge on any atom is -0.103 e. The van der Waals surface area contributed by atoms with E-state index < -0.39 is 0 Å². The highest BCUT2D eigenvalue weighted by Gasteiger charge is 2.00. The van der Waals surface area contributed by atoms with Crippen LogP contribution >= 0.6 is 12.6 Å². The first-order valence-corrected chi connectivity index (χ1v) is 2.94. The molecule has 0 aromatic rings. The number of hydrogen-bond acceptors (Lipinski definition) is 0. The summed E-state index contributed by atoms with van der Waals surface area (Å²) in [5.74, 6) is 0.481. The topological polar surface area (TPSA) is 0 Å². The van der Waals surface area contributed by atoms with E-state index in [0.717, 1.165) is 0 Å². The third kappa shape index (κ3) is 2.75. The fourth-order valence-corrected chi connectivity index (χ4v) is 0.303. The van der Waals surface area contributed by atoms with Crippen LogP contribution in [0.5, 0.6) is 0 Å². The van der Waals surface area contributed by atoms with Crippen LogP contribution in [0, 0.1) is 5.92 Å². The van der Waals surface area contributed by atoms with E-state index in [4.69, 9.17) is 12.6 Å². The second kappa shape index (κ2) is 3.14. The molecular formula is C6H11S. The third-order valence-electron chi connectivity index (χ3n) is 1.11. The van der Waals surface area contributed by atoms with E-state index in [9.17, 15) is 0 Å². The molecule has 0 rings (SSSR count). The van der Waals surface area contributed by atoms with Gasteiger partial charge in [-0.25, -0.2) is 0 Å². The van der Waals surface area contributed by atoms with Crippen LogP contribution in [0.1, 0.15) is 13.8 Å². The van der Waals surface area contributed by atoms with Crippen LogP contribution < -0.4 is 0 Å². The molecule has 2 atom stereocenters. The molecule has 0 spiro atoms. The van der Waals surface area contributed by atoms with Gasteiger partial charge in [0, 0.05) is 5.25 Å². The van der Waals surface area contributed by atoms with E-state index >= 15 is 0 Å². The Hall–Kier alpha value is 0.0900. The van der Waals surface area contributed by atoms with Crippen LogP contribution in [0.2, 0.25) is 0 Å². The van der Waals surface area contributed by atoms with Crippen LogP contribution in [0.3, 0.4) is 0 Å². The fourth-order valence-electron chi connectivity index (χ4n) is 0.192. The molecule has 0 aliphatic rings. The van der Waals surface area contributed by atoms with Crippen LogP contribution in [-0.2, 0) is 0 Å². The van der Waals surface area contributed by atoms with E-state index in [1.807, 2.05) is 13.0 Å². The highest BCUT2D eigenvalue weighted by atomic mass is 32.1. The maximum atomic E-state index is 4.93. The zero-order valence-electron chi connectivity index (χ0n) is 4.85. The van der Waals surface area contributed by atoms with E-state index in [0.29, 0.717) is 11.2 Å². The molecule has 0 heterocycles. The summed E-state index contributed by atoms with van der Waals surface area (Å²) in [6, 6.07) is 0. The van der Waals surface area contributed by atoms with Gasteiger partial charge in [-0.15, -0.1) is 6.58 Å². The maximum Gasteiger partial charge on any atom is 0.0183 e. The fraction of sp³-hybridized carbons (Fsp3) is 0.667. The third-order valence-corrected chi connectivity index (χ3v) is 1.54. The number of allylic oxidation sites excluding steroid dienone is 1. The largest absolute Gasteiger partial charge is 0.103 e. The van der Waals surface area contributed by atoms with Gasteiger partial charge in [0.15, 0.2) is 0 Å². The molecule has 0 fully saturated rings. The van der Waals surface area contributed by atoms with Crippen LogP contribution in [0.15, 0.2) is 12.7 Å². The average Bonchev–Trinajstić information content (AvgIpc) is 1.65. The van der Waals surface area contributed by atoms with Gasteiger partial charge in [0.1, 0.15) is 0 Å².